The van der Waals surface area contributed by atoms with Gasteiger partial charge < -0.3 is 5.73 Å². The smallest absolute Gasteiger partial charge is 0.0496 e. The van der Waals surface area contributed by atoms with Crippen LogP contribution in [-0.2, 0) is 6.42 Å². The van der Waals surface area contributed by atoms with E-state index >= 15 is 0 Å². The van der Waals surface area contributed by atoms with Crippen LogP contribution in [0.1, 0.15) is 19.5 Å². The van der Waals surface area contributed by atoms with E-state index in [1.165, 1.54) is 0 Å². The summed E-state index contributed by atoms with van der Waals surface area (Å²) < 4.78 is 1.74. The van der Waals surface area contributed by atoms with Crippen LogP contribution in [0.25, 0.3) is 6.20 Å². The molecule has 0 aliphatic carbocycles. The van der Waals surface area contributed by atoms with Crippen LogP contribution in [0.3, 0.4) is 0 Å². The first kappa shape index (κ1) is 9.00. The zero-order valence-electron chi connectivity index (χ0n) is 7.62. The Hall–Kier alpha value is -1.09. The van der Waals surface area contributed by atoms with Crippen LogP contribution in [0.5, 0.6) is 0 Å². The number of aromatic nitrogens is 2. The van der Waals surface area contributed by atoms with E-state index in [0.29, 0.717) is 0 Å². The van der Waals surface area contributed by atoms with E-state index in [1.807, 2.05) is 19.9 Å². The molecule has 0 saturated carbocycles. The Morgan fingerprint density at radius 1 is 1.75 bits per heavy atom. The van der Waals surface area contributed by atoms with Gasteiger partial charge in [0.25, 0.3) is 0 Å². The summed E-state index contributed by atoms with van der Waals surface area (Å²) in [7, 11) is 0. The molecule has 0 aliphatic rings. The summed E-state index contributed by atoms with van der Waals surface area (Å²) in [5.41, 5.74) is 6.78. The van der Waals surface area contributed by atoms with Crippen molar-refractivity contribution in [1.82, 2.24) is 9.78 Å². The van der Waals surface area contributed by atoms with Gasteiger partial charge in [-0.15, -0.1) is 0 Å². The molecule has 0 atom stereocenters. The Balaban J connectivity index is 2.81. The highest BCUT2D eigenvalue weighted by Gasteiger charge is 2.13. The maximum Gasteiger partial charge on any atom is 0.0496 e. The lowest BCUT2D eigenvalue weighted by Crippen LogP contribution is -2.35. The molecule has 2 N–H and O–H groups in total. The molecule has 0 bridgehead atoms. The molecular weight excluding hydrogens is 150 g/mol. The topological polar surface area (TPSA) is 43.8 Å². The van der Waals surface area contributed by atoms with Crippen LogP contribution in [-0.4, -0.2) is 15.3 Å². The summed E-state index contributed by atoms with van der Waals surface area (Å²) in [4.78, 5) is 0. The highest BCUT2D eigenvalue weighted by atomic mass is 15.3. The van der Waals surface area contributed by atoms with Gasteiger partial charge in [0, 0.05) is 30.1 Å². The molecule has 1 heterocycles. The molecule has 0 aliphatic heterocycles. The van der Waals surface area contributed by atoms with Gasteiger partial charge in [-0.3, -0.25) is 0 Å². The van der Waals surface area contributed by atoms with Crippen LogP contribution in [0.4, 0.5) is 0 Å². The van der Waals surface area contributed by atoms with E-state index in [0.717, 1.165) is 12.1 Å². The van der Waals surface area contributed by atoms with Gasteiger partial charge in [0.2, 0.25) is 0 Å². The fourth-order valence-corrected chi connectivity index (χ4v) is 1.11. The van der Waals surface area contributed by atoms with E-state index in [1.54, 1.807) is 17.1 Å². The zero-order valence-corrected chi connectivity index (χ0v) is 7.62. The molecule has 0 aromatic carbocycles. The van der Waals surface area contributed by atoms with Crippen LogP contribution in [0, 0.1) is 0 Å². The fraction of sp³-hybridized carbons (Fsp3) is 0.444. The maximum absolute atomic E-state index is 5.87. The minimum atomic E-state index is -0.194. The van der Waals surface area contributed by atoms with Crippen molar-refractivity contribution in [2.45, 2.75) is 25.8 Å². The molecule has 12 heavy (non-hydrogen) atoms. The Bertz CT molecular complexity index is 268. The lowest BCUT2D eigenvalue weighted by molar-refractivity contribution is 0.504. The highest BCUT2D eigenvalue weighted by molar-refractivity contribution is 5.21. The van der Waals surface area contributed by atoms with E-state index in [4.69, 9.17) is 5.73 Å². The van der Waals surface area contributed by atoms with Crippen LogP contribution >= 0.6 is 0 Å². The summed E-state index contributed by atoms with van der Waals surface area (Å²) in [5.74, 6) is 0. The molecule has 0 unspecified atom stereocenters. The zero-order chi connectivity index (χ0) is 9.19. The molecule has 66 valence electrons. The lowest BCUT2D eigenvalue weighted by atomic mass is 10.0. The third kappa shape index (κ3) is 2.20. The van der Waals surface area contributed by atoms with Gasteiger partial charge in [-0.2, -0.15) is 5.10 Å². The molecule has 3 nitrogen and oxygen atoms in total. The molecule has 3 heteroatoms. The van der Waals surface area contributed by atoms with Gasteiger partial charge in [-0.1, -0.05) is 6.58 Å². The van der Waals surface area contributed by atoms with Gasteiger partial charge in [-0.25, -0.2) is 4.68 Å². The van der Waals surface area contributed by atoms with Gasteiger partial charge >= 0.3 is 0 Å². The summed E-state index contributed by atoms with van der Waals surface area (Å²) in [6, 6.07) is 1.95. The van der Waals surface area contributed by atoms with E-state index < -0.39 is 0 Å². The monoisotopic (exact) mass is 165 g/mol. The van der Waals surface area contributed by atoms with E-state index in [-0.39, 0.29) is 5.54 Å². The lowest BCUT2D eigenvalue weighted by Gasteiger charge is -2.17. The Morgan fingerprint density at radius 2 is 2.42 bits per heavy atom. The average molecular weight is 165 g/mol. The van der Waals surface area contributed by atoms with E-state index in [2.05, 4.69) is 11.7 Å². The number of hydrogen-bond acceptors (Lipinski definition) is 2. The fourth-order valence-electron chi connectivity index (χ4n) is 1.11. The first-order chi connectivity index (χ1) is 5.53. The SMILES string of the molecule is C=Cn1nccc1CC(C)(C)N. The number of rotatable bonds is 3. The summed E-state index contributed by atoms with van der Waals surface area (Å²) in [6.07, 6.45) is 4.24. The summed E-state index contributed by atoms with van der Waals surface area (Å²) in [6.45, 7) is 7.64. The van der Waals surface area contributed by atoms with Crippen molar-refractivity contribution in [3.8, 4) is 0 Å². The molecule has 0 spiro atoms. The summed E-state index contributed by atoms with van der Waals surface area (Å²) >= 11 is 0. The highest BCUT2D eigenvalue weighted by Crippen LogP contribution is 2.09. The Labute approximate surface area is 72.9 Å². The number of nitrogens with zero attached hydrogens (tertiary/aromatic N) is 2. The predicted molar refractivity (Wildman–Crippen MR) is 50.6 cm³/mol. The molecule has 1 aromatic rings. The standard InChI is InChI=1S/C9H15N3/c1-4-12-8(5-6-11-12)7-9(2,3)10/h4-6H,1,7,10H2,2-3H3. The minimum absolute atomic E-state index is 0.194. The Morgan fingerprint density at radius 3 is 2.92 bits per heavy atom. The van der Waals surface area contributed by atoms with E-state index in [9.17, 15) is 0 Å². The van der Waals surface area contributed by atoms with Crippen molar-refractivity contribution in [1.29, 1.82) is 0 Å². The van der Waals surface area contributed by atoms with Crippen LogP contribution in [0.2, 0.25) is 0 Å². The second-order valence-electron chi connectivity index (χ2n) is 3.62. The predicted octanol–water partition coefficient (Wildman–Crippen LogP) is 1.26. The third-order valence-electron chi connectivity index (χ3n) is 1.56. The molecule has 1 rings (SSSR count). The second-order valence-corrected chi connectivity index (χ2v) is 3.62. The molecule has 0 fully saturated rings. The van der Waals surface area contributed by atoms with Gasteiger partial charge in [0.05, 0.1) is 0 Å². The number of nitrogens with two attached hydrogens (primary N) is 1. The van der Waals surface area contributed by atoms with Crippen molar-refractivity contribution >= 4 is 6.20 Å². The Kier molecular flexibility index (Phi) is 2.33. The molecule has 0 saturated heterocycles. The van der Waals surface area contributed by atoms with Crippen molar-refractivity contribution in [3.63, 3.8) is 0 Å². The average Bonchev–Trinajstić information content (AvgIpc) is 2.31. The molecule has 0 radical (unpaired) electrons. The van der Waals surface area contributed by atoms with Gasteiger partial charge in [0.15, 0.2) is 0 Å². The van der Waals surface area contributed by atoms with Crippen LogP contribution < -0.4 is 5.73 Å². The first-order valence-electron chi connectivity index (χ1n) is 3.97. The van der Waals surface area contributed by atoms with Gasteiger partial charge in [0.1, 0.15) is 0 Å². The minimum Gasteiger partial charge on any atom is -0.325 e. The number of hydrogen-bond donors (Lipinski definition) is 1. The maximum atomic E-state index is 5.87. The molecule has 1 aromatic heterocycles. The molecular formula is C9H15N3. The van der Waals surface area contributed by atoms with Crippen molar-refractivity contribution in [3.05, 3.63) is 24.5 Å². The van der Waals surface area contributed by atoms with Gasteiger partial charge in [-0.05, 0) is 19.9 Å². The second kappa shape index (κ2) is 3.11. The van der Waals surface area contributed by atoms with Crippen molar-refractivity contribution < 1.29 is 0 Å². The quantitative estimate of drug-likeness (QED) is 0.732. The normalized spacial score (nSPS) is 11.6. The largest absolute Gasteiger partial charge is 0.325 e. The molecule has 0 amide bonds. The summed E-state index contributed by atoms with van der Waals surface area (Å²) in [5, 5.41) is 4.06. The first-order valence-corrected chi connectivity index (χ1v) is 3.97. The van der Waals surface area contributed by atoms with Crippen molar-refractivity contribution in [2.24, 2.45) is 5.73 Å². The van der Waals surface area contributed by atoms with Crippen molar-refractivity contribution in [2.75, 3.05) is 0 Å². The third-order valence-corrected chi connectivity index (χ3v) is 1.56. The van der Waals surface area contributed by atoms with Crippen LogP contribution in [0.15, 0.2) is 18.8 Å².